The summed E-state index contributed by atoms with van der Waals surface area (Å²) >= 11 is 0. The van der Waals surface area contributed by atoms with Crippen molar-refractivity contribution in [1.29, 1.82) is 0 Å². The van der Waals surface area contributed by atoms with Gasteiger partial charge in [-0.1, -0.05) is 0 Å². The molecule has 0 aliphatic carbocycles. The van der Waals surface area contributed by atoms with Crippen molar-refractivity contribution in [3.63, 3.8) is 0 Å². The number of hydrogen-bond donors (Lipinski definition) is 2. The minimum Gasteiger partial charge on any atom is -0.480 e. The van der Waals surface area contributed by atoms with E-state index in [1.54, 1.807) is 6.07 Å². The van der Waals surface area contributed by atoms with E-state index >= 15 is 4.39 Å². The summed E-state index contributed by atoms with van der Waals surface area (Å²) in [6.07, 6.45) is 2.66. The van der Waals surface area contributed by atoms with Gasteiger partial charge in [0.05, 0.1) is 30.9 Å². The standard InChI is InChI=1S/C17H18F2N6O4S/c1-4-25(30(27,28)20-2)12-6-5-11(18)15(16(12)19)17(26)22-10-8-21-13-7-14(29-3)23-24(13)9-10/h5-9,20H,4H2,1-3H3,(H,22,26). The molecule has 160 valence electrons. The molecule has 10 nitrogen and oxygen atoms in total. The number of anilines is 2. The van der Waals surface area contributed by atoms with Crippen LogP contribution in [-0.4, -0.2) is 49.6 Å². The van der Waals surface area contributed by atoms with Crippen molar-refractivity contribution in [2.75, 3.05) is 30.3 Å². The molecule has 0 unspecified atom stereocenters. The molecule has 0 aliphatic rings. The van der Waals surface area contributed by atoms with E-state index in [0.29, 0.717) is 15.8 Å². The van der Waals surface area contributed by atoms with Crippen LogP contribution in [0.4, 0.5) is 20.2 Å². The smallest absolute Gasteiger partial charge is 0.301 e. The summed E-state index contributed by atoms with van der Waals surface area (Å²) in [5, 5.41) is 6.37. The van der Waals surface area contributed by atoms with E-state index in [9.17, 15) is 17.6 Å². The number of methoxy groups -OCH3 is 1. The average Bonchev–Trinajstić information content (AvgIpc) is 3.12. The van der Waals surface area contributed by atoms with E-state index in [1.165, 1.54) is 30.9 Å². The first kappa shape index (κ1) is 21.4. The van der Waals surface area contributed by atoms with Crippen LogP contribution in [0, 0.1) is 11.6 Å². The molecular weight excluding hydrogens is 422 g/mol. The minimum atomic E-state index is -4.07. The van der Waals surface area contributed by atoms with Gasteiger partial charge in [-0.2, -0.15) is 8.42 Å². The lowest BCUT2D eigenvalue weighted by Gasteiger charge is -2.23. The maximum atomic E-state index is 15.0. The molecule has 0 aliphatic heterocycles. The van der Waals surface area contributed by atoms with Gasteiger partial charge in [-0.05, 0) is 19.1 Å². The second-order valence-corrected chi connectivity index (χ2v) is 7.71. The van der Waals surface area contributed by atoms with Crippen LogP contribution in [0.25, 0.3) is 5.65 Å². The number of nitrogens with zero attached hydrogens (tertiary/aromatic N) is 4. The van der Waals surface area contributed by atoms with E-state index < -0.39 is 39.0 Å². The molecule has 0 saturated heterocycles. The van der Waals surface area contributed by atoms with Crippen LogP contribution in [0.1, 0.15) is 17.3 Å². The lowest BCUT2D eigenvalue weighted by atomic mass is 10.1. The minimum absolute atomic E-state index is 0.109. The average molecular weight is 440 g/mol. The van der Waals surface area contributed by atoms with Crippen molar-refractivity contribution in [1.82, 2.24) is 19.3 Å². The van der Waals surface area contributed by atoms with Gasteiger partial charge in [0.25, 0.3) is 5.91 Å². The Balaban J connectivity index is 1.98. The maximum absolute atomic E-state index is 15.0. The summed E-state index contributed by atoms with van der Waals surface area (Å²) in [6.45, 7) is 1.32. The van der Waals surface area contributed by atoms with Crippen LogP contribution >= 0.6 is 0 Å². The van der Waals surface area contributed by atoms with Gasteiger partial charge < -0.3 is 10.1 Å². The Morgan fingerprint density at radius 3 is 2.70 bits per heavy atom. The highest BCUT2D eigenvalue weighted by Crippen LogP contribution is 2.27. The van der Waals surface area contributed by atoms with Crippen molar-refractivity contribution in [2.45, 2.75) is 6.92 Å². The topological polar surface area (TPSA) is 118 Å². The summed E-state index contributed by atoms with van der Waals surface area (Å²) in [4.78, 5) is 16.6. The molecule has 30 heavy (non-hydrogen) atoms. The summed E-state index contributed by atoms with van der Waals surface area (Å²) in [5.41, 5.74) is -0.864. The zero-order valence-electron chi connectivity index (χ0n) is 16.2. The maximum Gasteiger partial charge on any atom is 0.301 e. The molecule has 0 radical (unpaired) electrons. The second kappa shape index (κ2) is 8.20. The van der Waals surface area contributed by atoms with Crippen molar-refractivity contribution in [2.24, 2.45) is 0 Å². The van der Waals surface area contributed by atoms with Crippen molar-refractivity contribution in [3.8, 4) is 5.88 Å². The van der Waals surface area contributed by atoms with Crippen LogP contribution < -0.4 is 19.1 Å². The van der Waals surface area contributed by atoms with Crippen LogP contribution in [0.2, 0.25) is 0 Å². The lowest BCUT2D eigenvalue weighted by Crippen LogP contribution is -2.39. The molecular formula is C17H18F2N6O4S. The Morgan fingerprint density at radius 1 is 1.33 bits per heavy atom. The summed E-state index contributed by atoms with van der Waals surface area (Å²) < 4.78 is 62.6. The number of carbonyl (C=O) groups excluding carboxylic acids is 1. The first-order chi connectivity index (χ1) is 14.2. The Hall–Kier alpha value is -3.32. The fourth-order valence-corrected chi connectivity index (χ4v) is 3.70. The molecule has 3 rings (SSSR count). The number of fused-ring (bicyclic) bond motifs is 1. The molecule has 13 heteroatoms. The van der Waals surface area contributed by atoms with Crippen molar-refractivity contribution >= 4 is 33.1 Å². The normalized spacial score (nSPS) is 11.5. The summed E-state index contributed by atoms with van der Waals surface area (Å²) in [5.74, 6) is -3.30. The van der Waals surface area contributed by atoms with E-state index in [0.717, 1.165) is 19.2 Å². The summed E-state index contributed by atoms with van der Waals surface area (Å²) in [6, 6.07) is 3.32. The quantitative estimate of drug-likeness (QED) is 0.576. The van der Waals surface area contributed by atoms with Gasteiger partial charge in [-0.3, -0.25) is 9.10 Å². The molecule has 2 N–H and O–H groups in total. The zero-order valence-corrected chi connectivity index (χ0v) is 17.0. The molecule has 1 amide bonds. The van der Waals surface area contributed by atoms with Gasteiger partial charge in [0, 0.05) is 19.7 Å². The number of aromatic nitrogens is 3. The van der Waals surface area contributed by atoms with Gasteiger partial charge in [0.1, 0.15) is 11.4 Å². The van der Waals surface area contributed by atoms with Crippen LogP contribution in [0.15, 0.2) is 30.6 Å². The molecule has 1 aromatic carbocycles. The third-order valence-corrected chi connectivity index (χ3v) is 5.71. The highest BCUT2D eigenvalue weighted by molar-refractivity contribution is 7.90. The van der Waals surface area contributed by atoms with Gasteiger partial charge in [-0.25, -0.2) is 23.0 Å². The molecule has 2 heterocycles. The van der Waals surface area contributed by atoms with Crippen molar-refractivity contribution < 1.29 is 26.7 Å². The third-order valence-electron chi connectivity index (χ3n) is 4.16. The van der Waals surface area contributed by atoms with Crippen LogP contribution in [0.5, 0.6) is 5.88 Å². The molecule has 2 aromatic heterocycles. The van der Waals surface area contributed by atoms with Gasteiger partial charge in [-0.15, -0.1) is 5.10 Å². The molecule has 0 saturated carbocycles. The highest BCUT2D eigenvalue weighted by atomic mass is 32.2. The molecule has 0 fully saturated rings. The van der Waals surface area contributed by atoms with E-state index in [2.05, 4.69) is 20.1 Å². The zero-order chi connectivity index (χ0) is 22.1. The number of ether oxygens (including phenoxy) is 1. The first-order valence-electron chi connectivity index (χ1n) is 8.61. The monoisotopic (exact) mass is 440 g/mol. The Kier molecular flexibility index (Phi) is 5.85. The van der Waals surface area contributed by atoms with Crippen molar-refractivity contribution in [3.05, 3.63) is 47.8 Å². The number of halogens is 2. The number of hydrogen-bond acceptors (Lipinski definition) is 6. The number of benzene rings is 1. The lowest BCUT2D eigenvalue weighted by molar-refractivity contribution is 0.101. The van der Waals surface area contributed by atoms with Crippen LogP contribution in [-0.2, 0) is 10.2 Å². The number of amides is 1. The number of nitrogens with one attached hydrogen (secondary N) is 2. The molecule has 0 bridgehead atoms. The molecule has 0 atom stereocenters. The SMILES string of the molecule is CCN(c1ccc(F)c(C(=O)Nc2cnc3cc(OC)nn3c2)c1F)S(=O)(=O)NC. The Labute approximate surface area is 170 Å². The number of carbonyl (C=O) groups is 1. The Morgan fingerprint density at radius 2 is 2.07 bits per heavy atom. The van der Waals surface area contributed by atoms with Crippen LogP contribution in [0.3, 0.4) is 0 Å². The Bertz CT molecular complexity index is 1210. The first-order valence-corrected chi connectivity index (χ1v) is 10.1. The van der Waals surface area contributed by atoms with E-state index in [4.69, 9.17) is 4.74 Å². The second-order valence-electron chi connectivity index (χ2n) is 5.92. The predicted molar refractivity (Wildman–Crippen MR) is 105 cm³/mol. The molecule has 0 spiro atoms. The largest absolute Gasteiger partial charge is 0.480 e. The predicted octanol–water partition coefficient (Wildman–Crippen LogP) is 1.56. The number of rotatable bonds is 7. The fraction of sp³-hybridized carbons (Fsp3) is 0.235. The third kappa shape index (κ3) is 3.89. The van der Waals surface area contributed by atoms with Gasteiger partial charge >= 0.3 is 10.2 Å². The van der Waals surface area contributed by atoms with Gasteiger partial charge in [0.15, 0.2) is 11.5 Å². The van der Waals surface area contributed by atoms with Gasteiger partial charge in [0.2, 0.25) is 5.88 Å². The van der Waals surface area contributed by atoms with E-state index in [-0.39, 0.29) is 12.2 Å². The highest BCUT2D eigenvalue weighted by Gasteiger charge is 2.28. The fourth-order valence-electron chi connectivity index (χ4n) is 2.74. The van der Waals surface area contributed by atoms with E-state index in [1.807, 2.05) is 0 Å². The summed E-state index contributed by atoms with van der Waals surface area (Å²) in [7, 11) is -1.49. The molecule has 3 aromatic rings.